The fraction of sp³-hybridized carbons (Fsp3) is 0.333. The van der Waals surface area contributed by atoms with E-state index in [9.17, 15) is 9.59 Å². The predicted molar refractivity (Wildman–Crippen MR) is 102 cm³/mol. The first-order valence-electron chi connectivity index (χ1n) is 8.53. The Hall–Kier alpha value is -2.74. The maximum atomic E-state index is 12.8. The first kappa shape index (κ1) is 16.7. The molecular formula is C18H19N5O2S. The molecule has 1 amide bonds. The van der Waals surface area contributed by atoms with Gasteiger partial charge in [0.15, 0.2) is 0 Å². The highest BCUT2D eigenvalue weighted by molar-refractivity contribution is 7.20. The van der Waals surface area contributed by atoms with Crippen LogP contribution in [0.5, 0.6) is 0 Å². The van der Waals surface area contributed by atoms with E-state index < -0.39 is 0 Å². The highest BCUT2D eigenvalue weighted by atomic mass is 32.1. The number of fused-ring (bicyclic) bond motifs is 1. The Morgan fingerprint density at radius 1 is 1.27 bits per heavy atom. The highest BCUT2D eigenvalue weighted by Gasteiger charge is 2.33. The minimum absolute atomic E-state index is 0.0536. The van der Waals surface area contributed by atoms with Crippen LogP contribution in [0.1, 0.15) is 24.1 Å². The van der Waals surface area contributed by atoms with E-state index in [-0.39, 0.29) is 17.5 Å². The molecule has 1 N–H and O–H groups in total. The van der Waals surface area contributed by atoms with Crippen LogP contribution in [0.3, 0.4) is 0 Å². The summed E-state index contributed by atoms with van der Waals surface area (Å²) in [6.45, 7) is 4.53. The Morgan fingerprint density at radius 2 is 2.04 bits per heavy atom. The van der Waals surface area contributed by atoms with Gasteiger partial charge in [0.2, 0.25) is 16.0 Å². The number of hydrogen-bond donors (Lipinski definition) is 1. The molecule has 26 heavy (non-hydrogen) atoms. The third-order valence-electron chi connectivity index (χ3n) is 4.48. The summed E-state index contributed by atoms with van der Waals surface area (Å²) in [5, 5.41) is 8.02. The van der Waals surface area contributed by atoms with Gasteiger partial charge in [0.25, 0.3) is 5.56 Å². The van der Waals surface area contributed by atoms with Gasteiger partial charge < -0.3 is 10.2 Å². The third-order valence-corrected chi connectivity index (χ3v) is 5.43. The number of anilines is 2. The van der Waals surface area contributed by atoms with Crippen molar-refractivity contribution in [3.05, 3.63) is 51.9 Å². The number of amides is 1. The number of carbonyl (C=O) groups excluding carboxylic acids is 1. The standard InChI is InChI=1S/C18H19N5O2S/c1-11-5-7-13(8-6-11)20-16(25)14-4-3-9-22(14)18-21-23-15(24)10-12(2)19-17(23)26-18/h5-8,10,14H,3-4,9H2,1-2H3,(H,20,25)/t14-/m1/s1. The predicted octanol–water partition coefficient (Wildman–Crippen LogP) is 2.38. The Labute approximate surface area is 154 Å². The molecule has 0 spiro atoms. The number of benzene rings is 1. The number of aromatic nitrogens is 3. The van der Waals surface area contributed by atoms with Gasteiger partial charge in [-0.05, 0) is 38.8 Å². The maximum absolute atomic E-state index is 12.8. The minimum atomic E-state index is -0.298. The van der Waals surface area contributed by atoms with Gasteiger partial charge in [-0.1, -0.05) is 29.0 Å². The van der Waals surface area contributed by atoms with Crippen molar-refractivity contribution in [3.8, 4) is 0 Å². The fourth-order valence-electron chi connectivity index (χ4n) is 3.16. The fourth-order valence-corrected chi connectivity index (χ4v) is 4.19. The Kier molecular flexibility index (Phi) is 4.20. The third kappa shape index (κ3) is 3.08. The first-order valence-corrected chi connectivity index (χ1v) is 9.34. The van der Waals surface area contributed by atoms with E-state index in [0.717, 1.165) is 30.6 Å². The summed E-state index contributed by atoms with van der Waals surface area (Å²) in [6.07, 6.45) is 1.66. The number of rotatable bonds is 3. The van der Waals surface area contributed by atoms with E-state index in [1.54, 1.807) is 6.92 Å². The molecule has 134 valence electrons. The van der Waals surface area contributed by atoms with E-state index in [1.165, 1.54) is 21.9 Å². The molecule has 4 rings (SSSR count). The van der Waals surface area contributed by atoms with Gasteiger partial charge in [-0.2, -0.15) is 4.52 Å². The molecule has 1 atom stereocenters. The number of nitrogens with zero attached hydrogens (tertiary/aromatic N) is 4. The molecule has 1 saturated heterocycles. The van der Waals surface area contributed by atoms with Gasteiger partial charge in [-0.25, -0.2) is 4.98 Å². The van der Waals surface area contributed by atoms with E-state index in [2.05, 4.69) is 15.4 Å². The molecule has 0 bridgehead atoms. The average Bonchev–Trinajstić information content (AvgIpc) is 3.23. The van der Waals surface area contributed by atoms with Crippen molar-refractivity contribution in [2.24, 2.45) is 0 Å². The summed E-state index contributed by atoms with van der Waals surface area (Å²) in [7, 11) is 0. The van der Waals surface area contributed by atoms with Crippen molar-refractivity contribution in [2.75, 3.05) is 16.8 Å². The summed E-state index contributed by atoms with van der Waals surface area (Å²) in [4.78, 5) is 31.7. The number of aryl methyl sites for hydroxylation is 2. The van der Waals surface area contributed by atoms with Crippen LogP contribution < -0.4 is 15.8 Å². The molecule has 0 radical (unpaired) electrons. The van der Waals surface area contributed by atoms with E-state index in [0.29, 0.717) is 15.8 Å². The molecule has 7 nitrogen and oxygen atoms in total. The van der Waals surface area contributed by atoms with Crippen LogP contribution in [0.15, 0.2) is 35.1 Å². The second-order valence-corrected chi connectivity index (χ2v) is 7.46. The van der Waals surface area contributed by atoms with Crippen molar-refractivity contribution < 1.29 is 4.79 Å². The van der Waals surface area contributed by atoms with Gasteiger partial charge >= 0.3 is 0 Å². The summed E-state index contributed by atoms with van der Waals surface area (Å²) in [5.74, 6) is -0.0536. The van der Waals surface area contributed by atoms with Crippen molar-refractivity contribution in [3.63, 3.8) is 0 Å². The number of carbonyl (C=O) groups is 1. The highest BCUT2D eigenvalue weighted by Crippen LogP contribution is 2.29. The van der Waals surface area contributed by atoms with Crippen LogP contribution >= 0.6 is 11.3 Å². The smallest absolute Gasteiger partial charge is 0.275 e. The van der Waals surface area contributed by atoms with Gasteiger partial charge in [-0.15, -0.1) is 5.10 Å². The topological polar surface area (TPSA) is 79.6 Å². The summed E-state index contributed by atoms with van der Waals surface area (Å²) in [5.41, 5.74) is 2.40. The lowest BCUT2D eigenvalue weighted by atomic mass is 10.2. The average molecular weight is 369 g/mol. The van der Waals surface area contributed by atoms with Crippen LogP contribution in [-0.4, -0.2) is 33.1 Å². The molecule has 3 aromatic rings. The van der Waals surface area contributed by atoms with E-state index >= 15 is 0 Å². The van der Waals surface area contributed by atoms with Gasteiger partial charge in [-0.3, -0.25) is 9.59 Å². The molecule has 8 heteroatoms. The molecule has 0 unspecified atom stereocenters. The van der Waals surface area contributed by atoms with Crippen LogP contribution in [-0.2, 0) is 4.79 Å². The minimum Gasteiger partial charge on any atom is -0.335 e. The number of nitrogens with one attached hydrogen (secondary N) is 1. The van der Waals surface area contributed by atoms with Crippen molar-refractivity contribution >= 4 is 33.0 Å². The molecule has 1 aromatic carbocycles. The molecule has 2 aromatic heterocycles. The van der Waals surface area contributed by atoms with E-state index in [1.807, 2.05) is 36.1 Å². The van der Waals surface area contributed by atoms with Crippen LogP contribution in [0.4, 0.5) is 10.8 Å². The van der Waals surface area contributed by atoms with Crippen molar-refractivity contribution in [1.29, 1.82) is 0 Å². The Bertz CT molecular complexity index is 1020. The molecule has 1 fully saturated rings. The molecule has 0 aliphatic carbocycles. The molecule has 1 aliphatic rings. The molecule has 3 heterocycles. The zero-order chi connectivity index (χ0) is 18.3. The second-order valence-electron chi connectivity index (χ2n) is 6.52. The van der Waals surface area contributed by atoms with Gasteiger partial charge in [0.1, 0.15) is 6.04 Å². The lowest BCUT2D eigenvalue weighted by molar-refractivity contribution is -0.117. The van der Waals surface area contributed by atoms with Crippen molar-refractivity contribution in [2.45, 2.75) is 32.7 Å². The second kappa shape index (κ2) is 6.53. The number of hydrogen-bond acceptors (Lipinski definition) is 6. The lowest BCUT2D eigenvalue weighted by Crippen LogP contribution is -2.39. The normalized spacial score (nSPS) is 17.0. The first-order chi connectivity index (χ1) is 12.5. The monoisotopic (exact) mass is 369 g/mol. The largest absolute Gasteiger partial charge is 0.335 e. The van der Waals surface area contributed by atoms with Crippen molar-refractivity contribution in [1.82, 2.24) is 14.6 Å². The summed E-state index contributed by atoms with van der Waals surface area (Å²) in [6, 6.07) is 8.90. The zero-order valence-electron chi connectivity index (χ0n) is 14.6. The Morgan fingerprint density at radius 3 is 2.81 bits per heavy atom. The van der Waals surface area contributed by atoms with Crippen LogP contribution in [0.2, 0.25) is 0 Å². The molecule has 1 aliphatic heterocycles. The van der Waals surface area contributed by atoms with Gasteiger partial charge in [0, 0.05) is 24.0 Å². The maximum Gasteiger partial charge on any atom is 0.275 e. The Balaban J connectivity index is 1.60. The van der Waals surface area contributed by atoms with Crippen LogP contribution in [0.25, 0.3) is 4.96 Å². The molecular weight excluding hydrogens is 350 g/mol. The quantitative estimate of drug-likeness (QED) is 0.767. The van der Waals surface area contributed by atoms with Crippen LogP contribution in [0, 0.1) is 13.8 Å². The molecule has 0 saturated carbocycles. The zero-order valence-corrected chi connectivity index (χ0v) is 15.4. The summed E-state index contributed by atoms with van der Waals surface area (Å²) < 4.78 is 1.31. The summed E-state index contributed by atoms with van der Waals surface area (Å²) >= 11 is 1.34. The van der Waals surface area contributed by atoms with Gasteiger partial charge in [0.05, 0.1) is 0 Å². The SMILES string of the molecule is Cc1ccc(NC(=O)[C@H]2CCCN2c2nn3c(=O)cc(C)nc3s2)cc1. The van der Waals surface area contributed by atoms with E-state index in [4.69, 9.17) is 0 Å². The lowest BCUT2D eigenvalue weighted by Gasteiger charge is -2.22.